The van der Waals surface area contributed by atoms with Crippen LogP contribution in [0.3, 0.4) is 0 Å². The van der Waals surface area contributed by atoms with E-state index in [2.05, 4.69) is 19.8 Å². The van der Waals surface area contributed by atoms with Crippen LogP contribution < -0.4 is 10.6 Å². The molecular weight excluding hydrogens is 274 g/mol. The Morgan fingerprint density at radius 2 is 1.75 bits per heavy atom. The highest BCUT2D eigenvalue weighted by Gasteiger charge is 2.27. The summed E-state index contributed by atoms with van der Waals surface area (Å²) in [6, 6.07) is 0.797. The fraction of sp³-hybridized carbons (Fsp3) is 0.714. The van der Waals surface area contributed by atoms with Crippen LogP contribution in [-0.4, -0.2) is 47.1 Å². The van der Waals surface area contributed by atoms with Gasteiger partial charge in [0.15, 0.2) is 5.82 Å². The van der Waals surface area contributed by atoms with Crippen molar-refractivity contribution < 1.29 is 0 Å². The smallest absolute Gasteiger partial charge is 0.224 e. The van der Waals surface area contributed by atoms with E-state index < -0.39 is 0 Å². The molecule has 2 heterocycles. The van der Waals surface area contributed by atoms with Crippen molar-refractivity contribution in [1.29, 1.82) is 0 Å². The molecule has 0 unspecified atom stereocenters. The van der Waals surface area contributed by atoms with Crippen LogP contribution in [0.25, 0.3) is 0 Å². The summed E-state index contributed by atoms with van der Waals surface area (Å²) in [5.74, 6) is 0.800. The summed E-state index contributed by atoms with van der Waals surface area (Å²) in [6.07, 6.45) is 5.50. The summed E-state index contributed by atoms with van der Waals surface area (Å²) in [5.41, 5.74) is 7.52. The number of nitrogen functional groups attached to an aromatic ring is 1. The summed E-state index contributed by atoms with van der Waals surface area (Å²) in [4.78, 5) is 13.3. The summed E-state index contributed by atoms with van der Waals surface area (Å²) >= 11 is 5.96. The Hall–Kier alpha value is -1.07. The number of nitrogens with zero attached hydrogens (tertiary/aromatic N) is 4. The van der Waals surface area contributed by atoms with Crippen LogP contribution >= 0.6 is 11.6 Å². The zero-order valence-electron chi connectivity index (χ0n) is 12.0. The molecule has 5 nitrogen and oxygen atoms in total. The summed E-state index contributed by atoms with van der Waals surface area (Å²) in [7, 11) is 0. The van der Waals surface area contributed by atoms with E-state index in [-0.39, 0.29) is 5.28 Å². The van der Waals surface area contributed by atoms with Crippen LogP contribution in [0.1, 0.15) is 31.4 Å². The lowest BCUT2D eigenvalue weighted by Gasteiger charge is -2.39. The molecule has 0 aromatic carbocycles. The second-order valence-corrected chi connectivity index (χ2v) is 6.11. The Morgan fingerprint density at radius 1 is 1.10 bits per heavy atom. The van der Waals surface area contributed by atoms with Crippen molar-refractivity contribution in [3.05, 3.63) is 11.0 Å². The normalized spacial score (nSPS) is 21.6. The van der Waals surface area contributed by atoms with Crippen LogP contribution in [0.5, 0.6) is 0 Å². The molecule has 2 aliphatic rings. The van der Waals surface area contributed by atoms with E-state index in [4.69, 9.17) is 17.3 Å². The first-order chi connectivity index (χ1) is 9.65. The molecule has 2 N–H and O–H groups in total. The molecule has 0 radical (unpaired) electrons. The molecule has 1 aromatic heterocycles. The summed E-state index contributed by atoms with van der Waals surface area (Å²) in [6.45, 7) is 5.98. The van der Waals surface area contributed by atoms with Gasteiger partial charge in [-0.15, -0.1) is 0 Å². The summed E-state index contributed by atoms with van der Waals surface area (Å²) in [5, 5.41) is 0.282. The first-order valence-electron chi connectivity index (χ1n) is 7.44. The third-order valence-electron chi connectivity index (χ3n) is 4.54. The number of hydrogen-bond acceptors (Lipinski definition) is 5. The number of rotatable bonds is 2. The number of nitrogens with two attached hydrogens (primary N) is 1. The standard InChI is InChI=1S/C14H22ClN5/c1-10-12(16)13(18-14(15)17-10)20-8-6-19(7-9-20)11-4-2-3-5-11/h11H,2-9,16H2,1H3. The minimum atomic E-state index is 0.282. The van der Waals surface area contributed by atoms with Crippen molar-refractivity contribution >= 4 is 23.1 Å². The highest BCUT2D eigenvalue weighted by molar-refractivity contribution is 6.28. The van der Waals surface area contributed by atoms with Gasteiger partial charge in [-0.1, -0.05) is 12.8 Å². The average molecular weight is 296 g/mol. The first-order valence-corrected chi connectivity index (χ1v) is 7.81. The lowest BCUT2D eigenvalue weighted by Crippen LogP contribution is -2.50. The van der Waals surface area contributed by atoms with Crippen molar-refractivity contribution in [3.8, 4) is 0 Å². The second kappa shape index (κ2) is 5.74. The lowest BCUT2D eigenvalue weighted by molar-refractivity contribution is 0.187. The molecule has 0 bridgehead atoms. The predicted octanol–water partition coefficient (Wildman–Crippen LogP) is 2.09. The van der Waals surface area contributed by atoms with Gasteiger partial charge in [-0.25, -0.2) is 4.98 Å². The Balaban J connectivity index is 1.68. The second-order valence-electron chi connectivity index (χ2n) is 5.78. The van der Waals surface area contributed by atoms with Gasteiger partial charge in [-0.3, -0.25) is 4.90 Å². The predicted molar refractivity (Wildman–Crippen MR) is 82.2 cm³/mol. The molecule has 1 aliphatic heterocycles. The largest absolute Gasteiger partial charge is 0.394 e. The van der Waals surface area contributed by atoms with Crippen molar-refractivity contribution in [2.45, 2.75) is 38.6 Å². The van der Waals surface area contributed by atoms with Crippen LogP contribution in [-0.2, 0) is 0 Å². The molecule has 0 amide bonds. The summed E-state index contributed by atoms with van der Waals surface area (Å²) < 4.78 is 0. The van der Waals surface area contributed by atoms with E-state index in [0.717, 1.165) is 43.7 Å². The molecule has 6 heteroatoms. The number of halogens is 1. The van der Waals surface area contributed by atoms with E-state index in [1.54, 1.807) is 0 Å². The van der Waals surface area contributed by atoms with E-state index >= 15 is 0 Å². The van der Waals surface area contributed by atoms with Gasteiger partial charge in [0, 0.05) is 32.2 Å². The zero-order valence-corrected chi connectivity index (χ0v) is 12.7. The molecule has 1 saturated carbocycles. The van der Waals surface area contributed by atoms with Crippen LogP contribution in [0.15, 0.2) is 0 Å². The lowest BCUT2D eigenvalue weighted by atomic mass is 10.2. The van der Waals surface area contributed by atoms with Crippen molar-refractivity contribution in [2.75, 3.05) is 36.8 Å². The molecule has 1 aliphatic carbocycles. The van der Waals surface area contributed by atoms with Gasteiger partial charge in [0.2, 0.25) is 5.28 Å². The Kier molecular flexibility index (Phi) is 3.98. The maximum Gasteiger partial charge on any atom is 0.224 e. The molecule has 110 valence electrons. The van der Waals surface area contributed by atoms with E-state index in [0.29, 0.717) is 5.69 Å². The molecule has 0 spiro atoms. The maximum atomic E-state index is 6.10. The number of aromatic nitrogens is 2. The van der Waals surface area contributed by atoms with Crippen LogP contribution in [0.2, 0.25) is 5.28 Å². The Labute approximate surface area is 125 Å². The minimum absolute atomic E-state index is 0.282. The third kappa shape index (κ3) is 2.69. The van der Waals surface area contributed by atoms with Crippen molar-refractivity contribution in [1.82, 2.24) is 14.9 Å². The highest BCUT2D eigenvalue weighted by atomic mass is 35.5. The number of anilines is 2. The monoisotopic (exact) mass is 295 g/mol. The maximum absolute atomic E-state index is 6.10. The number of hydrogen-bond donors (Lipinski definition) is 1. The van der Waals surface area contributed by atoms with E-state index in [9.17, 15) is 0 Å². The van der Waals surface area contributed by atoms with Gasteiger partial charge in [0.25, 0.3) is 0 Å². The van der Waals surface area contributed by atoms with Crippen molar-refractivity contribution in [3.63, 3.8) is 0 Å². The average Bonchev–Trinajstić information content (AvgIpc) is 2.97. The molecule has 3 rings (SSSR count). The van der Waals surface area contributed by atoms with Gasteiger partial charge in [-0.2, -0.15) is 4.98 Å². The Bertz CT molecular complexity index is 479. The molecule has 1 saturated heterocycles. The molecule has 20 heavy (non-hydrogen) atoms. The first kappa shape index (κ1) is 13.9. The highest BCUT2D eigenvalue weighted by Crippen LogP contribution is 2.28. The van der Waals surface area contributed by atoms with Gasteiger partial charge < -0.3 is 10.6 Å². The van der Waals surface area contributed by atoms with Crippen LogP contribution in [0.4, 0.5) is 11.5 Å². The van der Waals surface area contributed by atoms with E-state index in [1.807, 2.05) is 6.92 Å². The van der Waals surface area contributed by atoms with Crippen LogP contribution in [0, 0.1) is 6.92 Å². The van der Waals surface area contributed by atoms with Gasteiger partial charge in [-0.05, 0) is 31.4 Å². The quantitative estimate of drug-likeness (QED) is 0.847. The number of aryl methyl sites for hydroxylation is 1. The number of piperazine rings is 1. The fourth-order valence-electron chi connectivity index (χ4n) is 3.34. The molecule has 0 atom stereocenters. The molecule has 1 aromatic rings. The SMILES string of the molecule is Cc1nc(Cl)nc(N2CCN(C3CCCC3)CC2)c1N. The molecule has 2 fully saturated rings. The van der Waals surface area contributed by atoms with Gasteiger partial charge in [0.05, 0.1) is 11.4 Å². The van der Waals surface area contributed by atoms with Crippen molar-refractivity contribution in [2.24, 2.45) is 0 Å². The third-order valence-corrected chi connectivity index (χ3v) is 4.71. The minimum Gasteiger partial charge on any atom is -0.394 e. The zero-order chi connectivity index (χ0) is 14.1. The Morgan fingerprint density at radius 3 is 2.40 bits per heavy atom. The van der Waals surface area contributed by atoms with E-state index in [1.165, 1.54) is 25.7 Å². The topological polar surface area (TPSA) is 58.3 Å². The molecular formula is C14H22ClN5. The van der Waals surface area contributed by atoms with Gasteiger partial charge in [0.1, 0.15) is 0 Å². The van der Waals surface area contributed by atoms with Gasteiger partial charge >= 0.3 is 0 Å². The fourth-order valence-corrected chi connectivity index (χ4v) is 3.55.